The number of carbonyl (C=O) groups is 2. The van der Waals surface area contributed by atoms with Gasteiger partial charge in [0.15, 0.2) is 0 Å². The highest BCUT2D eigenvalue weighted by atomic mass is 16.5. The molecule has 2 heterocycles. The summed E-state index contributed by atoms with van der Waals surface area (Å²) in [5.74, 6) is -0.00858. The Balaban J connectivity index is 1.57. The lowest BCUT2D eigenvalue weighted by Gasteiger charge is -2.17. The van der Waals surface area contributed by atoms with Crippen molar-refractivity contribution in [1.82, 2.24) is 10.2 Å². The number of ether oxygens (including phenoxy) is 2. The third-order valence-corrected chi connectivity index (χ3v) is 4.17. The minimum atomic E-state index is -0.429. The van der Waals surface area contributed by atoms with Crippen LogP contribution in [0.2, 0.25) is 0 Å². The van der Waals surface area contributed by atoms with Crippen molar-refractivity contribution in [3.8, 4) is 17.0 Å². The molecular weight excluding hydrogens is 334 g/mol. The molecule has 1 aromatic heterocycles. The number of para-hydroxylation sites is 1. The first-order chi connectivity index (χ1) is 12.7. The first-order valence-electron chi connectivity index (χ1n) is 7.96. The molecule has 2 N–H and O–H groups in total. The smallest absolute Gasteiger partial charge is 0.337 e. The number of hydrogen-bond acceptors (Lipinski definition) is 5. The van der Waals surface area contributed by atoms with Gasteiger partial charge in [-0.05, 0) is 36.4 Å². The Morgan fingerprint density at radius 2 is 1.92 bits per heavy atom. The normalized spacial score (nSPS) is 11.7. The van der Waals surface area contributed by atoms with Crippen molar-refractivity contribution in [3.05, 3.63) is 65.4 Å². The molecule has 7 heteroatoms. The van der Waals surface area contributed by atoms with Gasteiger partial charge in [-0.1, -0.05) is 12.1 Å². The standard InChI is InChI=1S/C19H15N3O4/c1-25-19(24)11-6-8-12(9-7-11)20-18(23)17-14-10-26-15-5-3-2-4-13(15)16(14)21-22-17/h2-9H,10H2,1H3,(H,20,23)(H,21,22). The van der Waals surface area contributed by atoms with E-state index in [1.807, 2.05) is 24.3 Å². The number of benzene rings is 2. The van der Waals surface area contributed by atoms with E-state index in [4.69, 9.17) is 4.74 Å². The first-order valence-corrected chi connectivity index (χ1v) is 7.96. The summed E-state index contributed by atoms with van der Waals surface area (Å²) in [5.41, 5.74) is 3.61. The molecule has 7 nitrogen and oxygen atoms in total. The van der Waals surface area contributed by atoms with E-state index in [1.165, 1.54) is 7.11 Å². The van der Waals surface area contributed by atoms with Gasteiger partial charge in [-0.15, -0.1) is 0 Å². The minimum Gasteiger partial charge on any atom is -0.488 e. The Morgan fingerprint density at radius 1 is 1.15 bits per heavy atom. The molecule has 0 aliphatic carbocycles. The number of H-pyrrole nitrogens is 1. The number of amides is 1. The average molecular weight is 349 g/mol. The molecule has 0 unspecified atom stereocenters. The third kappa shape index (κ3) is 2.69. The SMILES string of the molecule is COC(=O)c1ccc(NC(=O)c2[nH]nc3c2COc2ccccc2-3)cc1. The van der Waals surface area contributed by atoms with Gasteiger partial charge in [0, 0.05) is 16.8 Å². The number of carbonyl (C=O) groups excluding carboxylic acids is 2. The molecule has 0 saturated carbocycles. The van der Waals surface area contributed by atoms with Crippen LogP contribution in [0.4, 0.5) is 5.69 Å². The van der Waals surface area contributed by atoms with Gasteiger partial charge in [-0.25, -0.2) is 4.79 Å². The largest absolute Gasteiger partial charge is 0.488 e. The van der Waals surface area contributed by atoms with Crippen LogP contribution in [0.15, 0.2) is 48.5 Å². The van der Waals surface area contributed by atoms with Crippen molar-refractivity contribution < 1.29 is 19.1 Å². The maximum atomic E-state index is 12.6. The third-order valence-electron chi connectivity index (χ3n) is 4.17. The van der Waals surface area contributed by atoms with Crippen molar-refractivity contribution in [1.29, 1.82) is 0 Å². The van der Waals surface area contributed by atoms with Crippen LogP contribution < -0.4 is 10.1 Å². The number of esters is 1. The second-order valence-electron chi connectivity index (χ2n) is 5.73. The Bertz CT molecular complexity index is 992. The van der Waals surface area contributed by atoms with Gasteiger partial charge in [0.1, 0.15) is 23.7 Å². The van der Waals surface area contributed by atoms with Crippen LogP contribution in [0, 0.1) is 0 Å². The van der Waals surface area contributed by atoms with Gasteiger partial charge in [0.05, 0.1) is 12.7 Å². The van der Waals surface area contributed by atoms with E-state index in [2.05, 4.69) is 20.3 Å². The molecule has 0 radical (unpaired) electrons. The van der Waals surface area contributed by atoms with Gasteiger partial charge in [-0.3, -0.25) is 9.89 Å². The molecule has 1 amide bonds. The summed E-state index contributed by atoms with van der Waals surface area (Å²) in [7, 11) is 1.32. The van der Waals surface area contributed by atoms with E-state index in [-0.39, 0.29) is 12.5 Å². The lowest BCUT2D eigenvalue weighted by atomic mass is 10.0. The molecule has 130 valence electrons. The maximum absolute atomic E-state index is 12.6. The summed E-state index contributed by atoms with van der Waals surface area (Å²) < 4.78 is 10.4. The second-order valence-corrected chi connectivity index (χ2v) is 5.73. The number of fused-ring (bicyclic) bond motifs is 3. The lowest BCUT2D eigenvalue weighted by molar-refractivity contribution is 0.0600. The van der Waals surface area contributed by atoms with Crippen molar-refractivity contribution >= 4 is 17.6 Å². The Kier molecular flexibility index (Phi) is 3.89. The number of hydrogen-bond donors (Lipinski definition) is 2. The molecule has 26 heavy (non-hydrogen) atoms. The Hall–Kier alpha value is -3.61. The van der Waals surface area contributed by atoms with Crippen LogP contribution >= 0.6 is 0 Å². The highest BCUT2D eigenvalue weighted by Gasteiger charge is 2.26. The van der Waals surface area contributed by atoms with E-state index < -0.39 is 5.97 Å². The summed E-state index contributed by atoms with van der Waals surface area (Å²) in [6.07, 6.45) is 0. The monoisotopic (exact) mass is 349 g/mol. The number of rotatable bonds is 3. The minimum absolute atomic E-state index is 0.271. The molecule has 0 atom stereocenters. The number of methoxy groups -OCH3 is 1. The van der Waals surface area contributed by atoms with Crippen molar-refractivity contribution in [2.24, 2.45) is 0 Å². The van der Waals surface area contributed by atoms with Gasteiger partial charge < -0.3 is 14.8 Å². The molecule has 0 spiro atoms. The molecule has 1 aliphatic heterocycles. The zero-order chi connectivity index (χ0) is 18.1. The van der Waals surface area contributed by atoms with Crippen LogP contribution in [-0.4, -0.2) is 29.2 Å². The quantitative estimate of drug-likeness (QED) is 0.709. The molecule has 0 fully saturated rings. The predicted octanol–water partition coefficient (Wildman–Crippen LogP) is 3.01. The maximum Gasteiger partial charge on any atom is 0.337 e. The molecule has 0 bridgehead atoms. The first kappa shape index (κ1) is 15.9. The fraction of sp³-hybridized carbons (Fsp3) is 0.105. The summed E-state index contributed by atoms with van der Waals surface area (Å²) in [5, 5.41) is 9.87. The fourth-order valence-electron chi connectivity index (χ4n) is 2.86. The molecule has 4 rings (SSSR count). The van der Waals surface area contributed by atoms with Gasteiger partial charge >= 0.3 is 5.97 Å². The van der Waals surface area contributed by atoms with Crippen molar-refractivity contribution in [2.45, 2.75) is 6.61 Å². The summed E-state index contributed by atoms with van der Waals surface area (Å²) in [4.78, 5) is 24.1. The number of aromatic nitrogens is 2. The number of anilines is 1. The average Bonchev–Trinajstić information content (AvgIpc) is 3.12. The summed E-state index contributed by atoms with van der Waals surface area (Å²) in [6, 6.07) is 14.0. The Morgan fingerprint density at radius 3 is 2.69 bits per heavy atom. The van der Waals surface area contributed by atoms with Gasteiger partial charge in [0.2, 0.25) is 0 Å². The highest BCUT2D eigenvalue weighted by molar-refractivity contribution is 6.05. The van der Waals surface area contributed by atoms with E-state index in [0.29, 0.717) is 22.5 Å². The zero-order valence-electron chi connectivity index (χ0n) is 13.9. The fourth-order valence-corrected chi connectivity index (χ4v) is 2.86. The topological polar surface area (TPSA) is 93.3 Å². The molecule has 3 aromatic rings. The second kappa shape index (κ2) is 6.36. The van der Waals surface area contributed by atoms with Gasteiger partial charge in [0.25, 0.3) is 5.91 Å². The summed E-state index contributed by atoms with van der Waals surface area (Å²) in [6.45, 7) is 0.271. The predicted molar refractivity (Wildman–Crippen MR) is 94.1 cm³/mol. The van der Waals surface area contributed by atoms with Crippen molar-refractivity contribution in [2.75, 3.05) is 12.4 Å². The van der Waals surface area contributed by atoms with Gasteiger partial charge in [-0.2, -0.15) is 5.10 Å². The van der Waals surface area contributed by atoms with Crippen LogP contribution in [0.5, 0.6) is 5.75 Å². The van der Waals surface area contributed by atoms with Crippen LogP contribution in [-0.2, 0) is 11.3 Å². The number of aromatic amines is 1. The Labute approximate surface area is 148 Å². The number of nitrogens with zero attached hydrogens (tertiary/aromatic N) is 1. The van der Waals surface area contributed by atoms with E-state index in [1.54, 1.807) is 24.3 Å². The van der Waals surface area contributed by atoms with Crippen LogP contribution in [0.3, 0.4) is 0 Å². The van der Waals surface area contributed by atoms with Crippen LogP contribution in [0.25, 0.3) is 11.3 Å². The lowest BCUT2D eigenvalue weighted by Crippen LogP contribution is -2.16. The van der Waals surface area contributed by atoms with E-state index in [9.17, 15) is 9.59 Å². The van der Waals surface area contributed by atoms with E-state index >= 15 is 0 Å². The van der Waals surface area contributed by atoms with Crippen molar-refractivity contribution in [3.63, 3.8) is 0 Å². The molecule has 0 saturated heterocycles. The number of nitrogens with one attached hydrogen (secondary N) is 2. The molecule has 1 aliphatic rings. The van der Waals surface area contributed by atoms with Crippen LogP contribution in [0.1, 0.15) is 26.4 Å². The van der Waals surface area contributed by atoms with E-state index in [0.717, 1.165) is 17.0 Å². The molecule has 2 aromatic carbocycles. The zero-order valence-corrected chi connectivity index (χ0v) is 13.9. The highest BCUT2D eigenvalue weighted by Crippen LogP contribution is 2.37. The molecular formula is C19H15N3O4. The summed E-state index contributed by atoms with van der Waals surface area (Å²) >= 11 is 0.